The van der Waals surface area contributed by atoms with Gasteiger partial charge in [-0.25, -0.2) is 5.43 Å². The Kier molecular flexibility index (Phi) is 5.53. The van der Waals surface area contributed by atoms with Crippen molar-refractivity contribution in [1.29, 1.82) is 0 Å². The van der Waals surface area contributed by atoms with E-state index in [1.54, 1.807) is 43.5 Å². The summed E-state index contributed by atoms with van der Waals surface area (Å²) < 4.78 is 5.75. The molecule has 0 aliphatic rings. The highest BCUT2D eigenvalue weighted by atomic mass is 79.9. The number of nitrogens with one attached hydrogen (secondary N) is 2. The van der Waals surface area contributed by atoms with E-state index in [-0.39, 0.29) is 5.91 Å². The second-order valence-electron chi connectivity index (χ2n) is 4.55. The van der Waals surface area contributed by atoms with Crippen molar-refractivity contribution in [3.8, 4) is 5.75 Å². The standard InChI is InChI=1S/C15H14BrN3O4/c1-9(18-19-15(22)13-6-11(16)7-17-13)10-2-4-12(5-3-10)23-8-14(20)21/h2-7,17H,8H2,1H3,(H,19,22)(H,20,21)/p-1/b18-9-. The van der Waals surface area contributed by atoms with E-state index in [1.807, 2.05) is 0 Å². The number of nitrogens with zero attached hydrogens (tertiary/aromatic N) is 1. The van der Waals surface area contributed by atoms with Crippen LogP contribution in [0.1, 0.15) is 23.0 Å². The number of aromatic amines is 1. The first kappa shape index (κ1) is 16.8. The summed E-state index contributed by atoms with van der Waals surface area (Å²) in [6, 6.07) is 8.29. The lowest BCUT2D eigenvalue weighted by Gasteiger charge is -2.07. The van der Waals surface area contributed by atoms with Crippen molar-refractivity contribution in [2.45, 2.75) is 6.92 Å². The zero-order valence-electron chi connectivity index (χ0n) is 12.1. The molecule has 0 aliphatic carbocycles. The number of H-pyrrole nitrogens is 1. The zero-order valence-corrected chi connectivity index (χ0v) is 13.7. The summed E-state index contributed by atoms with van der Waals surface area (Å²) in [7, 11) is 0. The first-order chi connectivity index (χ1) is 11.0. The van der Waals surface area contributed by atoms with Gasteiger partial charge in [0.25, 0.3) is 5.91 Å². The molecule has 2 N–H and O–H groups in total. The number of carbonyl (C=O) groups excluding carboxylic acids is 2. The molecule has 0 atom stereocenters. The molecule has 2 aromatic rings. The molecule has 7 nitrogen and oxygen atoms in total. The number of amides is 1. The SMILES string of the molecule is C/C(=N/NC(=O)c1cc(Br)c[nH]1)c1ccc(OCC(=O)[O-])cc1. The molecule has 1 amide bonds. The molecule has 0 saturated heterocycles. The lowest BCUT2D eigenvalue weighted by Crippen LogP contribution is -2.28. The van der Waals surface area contributed by atoms with Crippen LogP contribution in [0, 0.1) is 0 Å². The topological polar surface area (TPSA) is 107 Å². The van der Waals surface area contributed by atoms with Crippen LogP contribution in [0.5, 0.6) is 5.75 Å². The summed E-state index contributed by atoms with van der Waals surface area (Å²) in [4.78, 5) is 25.0. The summed E-state index contributed by atoms with van der Waals surface area (Å²) in [6.07, 6.45) is 1.65. The first-order valence-corrected chi connectivity index (χ1v) is 7.36. The maximum atomic E-state index is 11.8. The Morgan fingerprint density at radius 1 is 1.35 bits per heavy atom. The highest BCUT2D eigenvalue weighted by molar-refractivity contribution is 9.10. The van der Waals surface area contributed by atoms with Gasteiger partial charge in [-0.15, -0.1) is 0 Å². The number of hydrogen-bond donors (Lipinski definition) is 2. The van der Waals surface area contributed by atoms with Crippen molar-refractivity contribution in [3.05, 3.63) is 52.3 Å². The summed E-state index contributed by atoms with van der Waals surface area (Å²) in [5.74, 6) is -1.24. The van der Waals surface area contributed by atoms with E-state index >= 15 is 0 Å². The number of hydrazone groups is 1. The minimum absolute atomic E-state index is 0.357. The zero-order chi connectivity index (χ0) is 16.8. The Bertz CT molecular complexity index is 737. The van der Waals surface area contributed by atoms with Gasteiger partial charge in [0, 0.05) is 10.7 Å². The van der Waals surface area contributed by atoms with Gasteiger partial charge in [0.2, 0.25) is 0 Å². The number of aliphatic carboxylic acids is 1. The Balaban J connectivity index is 1.97. The van der Waals surface area contributed by atoms with Crippen molar-refractivity contribution in [2.24, 2.45) is 5.10 Å². The van der Waals surface area contributed by atoms with Crippen molar-refractivity contribution in [3.63, 3.8) is 0 Å². The summed E-state index contributed by atoms with van der Waals surface area (Å²) >= 11 is 3.25. The smallest absolute Gasteiger partial charge is 0.287 e. The third kappa shape index (κ3) is 4.96. The predicted octanol–water partition coefficient (Wildman–Crippen LogP) is 1.06. The third-order valence-corrected chi connectivity index (χ3v) is 3.30. The van der Waals surface area contributed by atoms with Gasteiger partial charge in [-0.1, -0.05) is 0 Å². The molecule has 1 heterocycles. The van der Waals surface area contributed by atoms with Crippen LogP contribution in [0.15, 0.2) is 46.1 Å². The molecule has 0 spiro atoms. The molecule has 0 unspecified atom stereocenters. The molecule has 1 aromatic carbocycles. The van der Waals surface area contributed by atoms with Gasteiger partial charge in [0.05, 0.1) is 11.7 Å². The fourth-order valence-corrected chi connectivity index (χ4v) is 2.04. The third-order valence-electron chi connectivity index (χ3n) is 2.85. The molecule has 0 radical (unpaired) electrons. The minimum atomic E-state index is -1.29. The van der Waals surface area contributed by atoms with Crippen molar-refractivity contribution >= 4 is 33.5 Å². The van der Waals surface area contributed by atoms with Crippen molar-refractivity contribution in [1.82, 2.24) is 10.4 Å². The van der Waals surface area contributed by atoms with Crippen LogP contribution in [0.2, 0.25) is 0 Å². The molecular formula is C15H13BrN3O4-. The number of carbonyl (C=O) groups is 2. The second-order valence-corrected chi connectivity index (χ2v) is 5.47. The number of carboxylic acid groups (broad SMARTS) is 1. The van der Waals surface area contributed by atoms with Gasteiger partial charge >= 0.3 is 0 Å². The highest BCUT2D eigenvalue weighted by Crippen LogP contribution is 2.13. The van der Waals surface area contributed by atoms with E-state index in [2.05, 4.69) is 31.4 Å². The average Bonchev–Trinajstić information content (AvgIpc) is 2.97. The van der Waals surface area contributed by atoms with E-state index in [4.69, 9.17) is 4.74 Å². The molecule has 2 rings (SSSR count). The van der Waals surface area contributed by atoms with E-state index in [1.165, 1.54) is 0 Å². The van der Waals surface area contributed by atoms with E-state index in [9.17, 15) is 14.7 Å². The van der Waals surface area contributed by atoms with Crippen LogP contribution in [0.3, 0.4) is 0 Å². The summed E-state index contributed by atoms with van der Waals surface area (Å²) in [5.41, 5.74) is 4.19. The molecule has 23 heavy (non-hydrogen) atoms. The van der Waals surface area contributed by atoms with E-state index in [0.29, 0.717) is 17.2 Å². The minimum Gasteiger partial charge on any atom is -0.546 e. The van der Waals surface area contributed by atoms with Crippen LogP contribution in [0.4, 0.5) is 0 Å². The van der Waals surface area contributed by atoms with Crippen LogP contribution in [-0.2, 0) is 4.79 Å². The van der Waals surface area contributed by atoms with Gasteiger partial charge in [0.1, 0.15) is 18.1 Å². The fourth-order valence-electron chi connectivity index (χ4n) is 1.69. The molecule has 0 fully saturated rings. The number of ether oxygens (including phenoxy) is 1. The van der Waals surface area contributed by atoms with Gasteiger partial charge in [-0.05, 0) is 58.7 Å². The molecule has 0 aliphatic heterocycles. The Labute approximate surface area is 140 Å². The average molecular weight is 379 g/mol. The summed E-state index contributed by atoms with van der Waals surface area (Å²) in [5, 5.41) is 14.3. The quantitative estimate of drug-likeness (QED) is 0.578. The van der Waals surface area contributed by atoms with Gasteiger partial charge in [-0.2, -0.15) is 5.10 Å². The Hall–Kier alpha value is -2.61. The molecule has 8 heteroatoms. The van der Waals surface area contributed by atoms with E-state index < -0.39 is 12.6 Å². The monoisotopic (exact) mass is 378 g/mol. The number of halogens is 1. The number of carboxylic acids is 1. The lowest BCUT2D eigenvalue weighted by molar-refractivity contribution is -0.307. The second kappa shape index (κ2) is 7.59. The number of aromatic nitrogens is 1. The highest BCUT2D eigenvalue weighted by Gasteiger charge is 2.07. The summed E-state index contributed by atoms with van der Waals surface area (Å²) in [6.45, 7) is 1.23. The van der Waals surface area contributed by atoms with Crippen molar-refractivity contribution < 1.29 is 19.4 Å². The normalized spacial score (nSPS) is 11.1. The number of rotatable bonds is 6. The number of benzene rings is 1. The van der Waals surface area contributed by atoms with Crippen LogP contribution < -0.4 is 15.3 Å². The number of hydrogen-bond acceptors (Lipinski definition) is 5. The van der Waals surface area contributed by atoms with Gasteiger partial charge in [-0.3, -0.25) is 4.79 Å². The van der Waals surface area contributed by atoms with Crippen LogP contribution >= 0.6 is 15.9 Å². The Morgan fingerprint density at radius 2 is 2.04 bits per heavy atom. The molecule has 0 bridgehead atoms. The Morgan fingerprint density at radius 3 is 2.61 bits per heavy atom. The van der Waals surface area contributed by atoms with Crippen LogP contribution in [0.25, 0.3) is 0 Å². The molecule has 120 valence electrons. The van der Waals surface area contributed by atoms with E-state index in [0.717, 1.165) is 10.0 Å². The van der Waals surface area contributed by atoms with Gasteiger partial charge < -0.3 is 19.6 Å². The largest absolute Gasteiger partial charge is 0.546 e. The maximum absolute atomic E-state index is 11.8. The fraction of sp³-hybridized carbons (Fsp3) is 0.133. The molecule has 1 aromatic heterocycles. The predicted molar refractivity (Wildman–Crippen MR) is 85.1 cm³/mol. The first-order valence-electron chi connectivity index (χ1n) is 6.57. The molecule has 0 saturated carbocycles. The molecular weight excluding hydrogens is 366 g/mol. The lowest BCUT2D eigenvalue weighted by atomic mass is 10.1. The van der Waals surface area contributed by atoms with Gasteiger partial charge in [0.15, 0.2) is 0 Å². The maximum Gasteiger partial charge on any atom is 0.287 e. The van der Waals surface area contributed by atoms with Crippen LogP contribution in [-0.4, -0.2) is 29.2 Å². The van der Waals surface area contributed by atoms with Crippen molar-refractivity contribution in [2.75, 3.05) is 6.61 Å².